The molecule has 2 aliphatic rings. The summed E-state index contributed by atoms with van der Waals surface area (Å²) in [6.07, 6.45) is -2.95. The molecule has 0 aliphatic carbocycles. The van der Waals surface area contributed by atoms with Crippen LogP contribution in [0.3, 0.4) is 0 Å². The molecule has 0 saturated carbocycles. The molecule has 1 amide bonds. The van der Waals surface area contributed by atoms with Crippen LogP contribution in [0.2, 0.25) is 0 Å². The van der Waals surface area contributed by atoms with Crippen LogP contribution in [0.15, 0.2) is 48.9 Å². The van der Waals surface area contributed by atoms with E-state index in [0.717, 1.165) is 38.3 Å². The number of aliphatic carboxylic acids is 2. The molecule has 0 radical (unpaired) electrons. The van der Waals surface area contributed by atoms with Gasteiger partial charge in [-0.3, -0.25) is 9.78 Å². The number of hydrogen-bond acceptors (Lipinski definition) is 7. The first kappa shape index (κ1) is 32.3. The van der Waals surface area contributed by atoms with Crippen LogP contribution < -0.4 is 4.90 Å². The zero-order chi connectivity index (χ0) is 30.0. The number of carboxylic acid groups (broad SMARTS) is 2. The Morgan fingerprint density at radius 1 is 0.900 bits per heavy atom. The molecule has 1 spiro atoms. The van der Waals surface area contributed by atoms with E-state index in [1.807, 2.05) is 41.4 Å². The van der Waals surface area contributed by atoms with E-state index in [4.69, 9.17) is 24.5 Å². The molecule has 2 aromatic heterocycles. The van der Waals surface area contributed by atoms with Crippen molar-refractivity contribution in [1.82, 2.24) is 14.9 Å². The first-order valence-corrected chi connectivity index (χ1v) is 11.7. The van der Waals surface area contributed by atoms with Gasteiger partial charge in [0.15, 0.2) is 0 Å². The van der Waals surface area contributed by atoms with Gasteiger partial charge in [-0.15, -0.1) is 0 Å². The predicted octanol–water partition coefficient (Wildman–Crippen LogP) is 3.50. The van der Waals surface area contributed by atoms with Gasteiger partial charge in [-0.1, -0.05) is 6.07 Å². The van der Waals surface area contributed by atoms with E-state index in [-0.39, 0.29) is 11.3 Å². The van der Waals surface area contributed by atoms with Crippen LogP contribution >= 0.6 is 0 Å². The highest BCUT2D eigenvalue weighted by atomic mass is 19.4. The molecule has 2 aliphatic heterocycles. The number of pyridine rings is 2. The SMILES string of the molecule is O=C(O)C(F)(F)F.O=C(O)C(F)(F)F.O=C(c1cccnc1)N1CCCC2(COCCN(c3ccccn3)C2)C1. The van der Waals surface area contributed by atoms with Gasteiger partial charge in [-0.05, 0) is 37.1 Å². The number of carbonyl (C=O) groups is 3. The zero-order valence-corrected chi connectivity index (χ0v) is 20.9. The topological polar surface area (TPSA) is 133 Å². The van der Waals surface area contributed by atoms with E-state index in [0.29, 0.717) is 25.3 Å². The Kier molecular flexibility index (Phi) is 11.2. The Labute approximate surface area is 224 Å². The summed E-state index contributed by atoms with van der Waals surface area (Å²) in [6.45, 7) is 4.57. The molecule has 0 bridgehead atoms. The molecule has 0 aromatic carbocycles. The molecule has 1 atom stereocenters. The highest BCUT2D eigenvalue weighted by Gasteiger charge is 2.41. The number of halogens is 6. The molecule has 2 saturated heterocycles. The minimum absolute atomic E-state index is 0.0514. The van der Waals surface area contributed by atoms with Crippen LogP contribution in [-0.2, 0) is 14.3 Å². The van der Waals surface area contributed by atoms with Crippen LogP contribution in [0.25, 0.3) is 0 Å². The lowest BCUT2D eigenvalue weighted by atomic mass is 9.80. The van der Waals surface area contributed by atoms with Gasteiger partial charge < -0.3 is 24.7 Å². The van der Waals surface area contributed by atoms with Crippen LogP contribution in [0.1, 0.15) is 23.2 Å². The fourth-order valence-corrected chi connectivity index (χ4v) is 4.03. The zero-order valence-electron chi connectivity index (χ0n) is 20.9. The molecule has 40 heavy (non-hydrogen) atoms. The van der Waals surface area contributed by atoms with Crippen molar-refractivity contribution in [1.29, 1.82) is 0 Å². The highest BCUT2D eigenvalue weighted by Crippen LogP contribution is 2.34. The third-order valence-electron chi connectivity index (χ3n) is 5.76. The monoisotopic (exact) mass is 580 g/mol. The molecule has 4 heterocycles. The second-order valence-electron chi connectivity index (χ2n) is 8.84. The molecule has 10 nitrogen and oxygen atoms in total. The maximum Gasteiger partial charge on any atom is 0.490 e. The maximum atomic E-state index is 12.9. The molecule has 4 rings (SSSR count). The number of aromatic nitrogens is 2. The van der Waals surface area contributed by atoms with Crippen molar-refractivity contribution in [2.24, 2.45) is 5.41 Å². The number of nitrogens with zero attached hydrogens (tertiary/aromatic N) is 4. The first-order chi connectivity index (χ1) is 18.6. The lowest BCUT2D eigenvalue weighted by molar-refractivity contribution is -0.193. The Balaban J connectivity index is 0.000000333. The molecule has 1 unspecified atom stereocenters. The molecular formula is C24H26F6N4O6. The molecule has 2 N–H and O–H groups in total. The normalized spacial score (nSPS) is 19.4. The summed E-state index contributed by atoms with van der Waals surface area (Å²) in [4.78, 5) is 43.5. The third-order valence-corrected chi connectivity index (χ3v) is 5.76. The van der Waals surface area contributed by atoms with E-state index in [1.165, 1.54) is 0 Å². The molecule has 220 valence electrons. The number of alkyl halides is 6. The van der Waals surface area contributed by atoms with E-state index >= 15 is 0 Å². The Bertz CT molecular complexity index is 1100. The van der Waals surface area contributed by atoms with Gasteiger partial charge in [-0.25, -0.2) is 14.6 Å². The average molecular weight is 580 g/mol. The minimum Gasteiger partial charge on any atom is -0.475 e. The summed E-state index contributed by atoms with van der Waals surface area (Å²) < 4.78 is 69.4. The standard InChI is InChI=1S/C20H24N4O2.2C2HF3O2/c25-19(17-5-3-8-21-13-17)24-10-4-7-20(15-24)14-23(11-12-26-16-20)18-6-1-2-9-22-18;2*3-2(4,5)1(6)7/h1-3,5-6,8-9,13H,4,7,10-12,14-16H2;2*(H,6,7). The van der Waals surface area contributed by atoms with Crippen LogP contribution in [0.5, 0.6) is 0 Å². The number of piperidine rings is 1. The summed E-state index contributed by atoms with van der Waals surface area (Å²) in [6, 6.07) is 9.63. The van der Waals surface area contributed by atoms with Crippen molar-refractivity contribution in [3.05, 3.63) is 54.5 Å². The van der Waals surface area contributed by atoms with Crippen LogP contribution in [0.4, 0.5) is 32.2 Å². The number of ether oxygens (including phenoxy) is 1. The molecule has 2 fully saturated rings. The quantitative estimate of drug-likeness (QED) is 0.512. The van der Waals surface area contributed by atoms with Gasteiger partial charge in [0.05, 0.1) is 18.8 Å². The summed E-state index contributed by atoms with van der Waals surface area (Å²) >= 11 is 0. The second kappa shape index (κ2) is 13.9. The number of carbonyl (C=O) groups excluding carboxylic acids is 1. The Hall–Kier alpha value is -3.95. The number of rotatable bonds is 2. The van der Waals surface area contributed by atoms with Crippen molar-refractivity contribution < 1.29 is 55.7 Å². The highest BCUT2D eigenvalue weighted by molar-refractivity contribution is 5.94. The summed E-state index contributed by atoms with van der Waals surface area (Å²) in [7, 11) is 0. The van der Waals surface area contributed by atoms with Crippen molar-refractivity contribution in [3.63, 3.8) is 0 Å². The van der Waals surface area contributed by atoms with E-state index < -0.39 is 24.3 Å². The van der Waals surface area contributed by atoms with Gasteiger partial charge in [0, 0.05) is 50.2 Å². The van der Waals surface area contributed by atoms with Gasteiger partial charge in [0.25, 0.3) is 5.91 Å². The predicted molar refractivity (Wildman–Crippen MR) is 126 cm³/mol. The van der Waals surface area contributed by atoms with Gasteiger partial charge in [0.1, 0.15) is 5.82 Å². The summed E-state index contributed by atoms with van der Waals surface area (Å²) in [5.41, 5.74) is 0.602. The van der Waals surface area contributed by atoms with Gasteiger partial charge in [0.2, 0.25) is 0 Å². The lowest BCUT2D eigenvalue weighted by Crippen LogP contribution is -2.52. The Morgan fingerprint density at radius 2 is 1.55 bits per heavy atom. The van der Waals surface area contributed by atoms with E-state index in [9.17, 15) is 31.1 Å². The maximum absolute atomic E-state index is 12.9. The molecule has 16 heteroatoms. The minimum atomic E-state index is -5.08. The number of anilines is 1. The fourth-order valence-electron chi connectivity index (χ4n) is 4.03. The van der Waals surface area contributed by atoms with Crippen LogP contribution in [0, 0.1) is 5.41 Å². The molecule has 2 aromatic rings. The summed E-state index contributed by atoms with van der Waals surface area (Å²) in [5.74, 6) is -4.47. The smallest absolute Gasteiger partial charge is 0.475 e. The number of amides is 1. The largest absolute Gasteiger partial charge is 0.490 e. The van der Waals surface area contributed by atoms with Crippen molar-refractivity contribution in [2.75, 3.05) is 44.3 Å². The van der Waals surface area contributed by atoms with Crippen molar-refractivity contribution in [3.8, 4) is 0 Å². The number of hydrogen-bond donors (Lipinski definition) is 2. The summed E-state index contributed by atoms with van der Waals surface area (Å²) in [5, 5.41) is 14.2. The van der Waals surface area contributed by atoms with Gasteiger partial charge >= 0.3 is 24.3 Å². The Morgan fingerprint density at radius 3 is 2.08 bits per heavy atom. The second-order valence-corrected chi connectivity index (χ2v) is 8.84. The molecular weight excluding hydrogens is 554 g/mol. The van der Waals surface area contributed by atoms with Gasteiger partial charge in [-0.2, -0.15) is 26.3 Å². The third kappa shape index (κ3) is 9.98. The van der Waals surface area contributed by atoms with Crippen molar-refractivity contribution >= 4 is 23.7 Å². The average Bonchev–Trinajstić information content (AvgIpc) is 3.11. The van der Waals surface area contributed by atoms with E-state index in [2.05, 4.69) is 14.9 Å². The first-order valence-electron chi connectivity index (χ1n) is 11.7. The van der Waals surface area contributed by atoms with Crippen molar-refractivity contribution in [2.45, 2.75) is 25.2 Å². The fraction of sp³-hybridized carbons (Fsp3) is 0.458. The van der Waals surface area contributed by atoms with Crippen LogP contribution in [-0.4, -0.2) is 94.7 Å². The number of likely N-dealkylation sites (tertiary alicyclic amines) is 1. The van der Waals surface area contributed by atoms with E-state index in [1.54, 1.807) is 12.4 Å². The number of carboxylic acids is 2. The lowest BCUT2D eigenvalue weighted by Gasteiger charge is -2.43.